The van der Waals surface area contributed by atoms with Crippen LogP contribution < -0.4 is 10.6 Å². The van der Waals surface area contributed by atoms with Crippen LogP contribution in [-0.2, 0) is 4.79 Å². The van der Waals surface area contributed by atoms with Crippen molar-refractivity contribution in [2.24, 2.45) is 0 Å². The van der Waals surface area contributed by atoms with Gasteiger partial charge in [0, 0.05) is 11.1 Å². The summed E-state index contributed by atoms with van der Waals surface area (Å²) < 4.78 is 0. The lowest BCUT2D eigenvalue weighted by molar-refractivity contribution is -0.119. The lowest BCUT2D eigenvalue weighted by atomic mass is 9.90. The second-order valence-corrected chi connectivity index (χ2v) is 4.56. The highest BCUT2D eigenvalue weighted by molar-refractivity contribution is 5.93. The van der Waals surface area contributed by atoms with Crippen molar-refractivity contribution in [3.05, 3.63) is 11.6 Å². The zero-order chi connectivity index (χ0) is 11.3. The van der Waals surface area contributed by atoms with Crippen molar-refractivity contribution >= 4 is 5.91 Å². The number of carbonyl (C=O) groups is 1. The predicted molar refractivity (Wildman–Crippen MR) is 62.7 cm³/mol. The molecule has 2 N–H and O–H groups in total. The molecule has 0 spiro atoms. The number of carbonyl (C=O) groups excluding carboxylic acids is 1. The minimum absolute atomic E-state index is 0.0226. The summed E-state index contributed by atoms with van der Waals surface area (Å²) in [4.78, 5) is 11.8. The van der Waals surface area contributed by atoms with Gasteiger partial charge in [-0.1, -0.05) is 13.0 Å². The minimum Gasteiger partial charge on any atom is -0.347 e. The molecule has 0 aromatic heterocycles. The van der Waals surface area contributed by atoms with Crippen LogP contribution in [0.4, 0.5) is 0 Å². The Bertz CT molecular complexity index is 252. The monoisotopic (exact) mass is 210 g/mol. The molecule has 0 aromatic rings. The van der Waals surface area contributed by atoms with Crippen molar-refractivity contribution in [3.63, 3.8) is 0 Å². The number of piperidine rings is 1. The SMILES string of the molecule is CC/C=C(/C)C(=O)NC1(C)CCNCC1. The first-order valence-electron chi connectivity index (χ1n) is 5.77. The van der Waals surface area contributed by atoms with Gasteiger partial charge in [0.05, 0.1) is 0 Å². The number of rotatable bonds is 3. The second kappa shape index (κ2) is 5.31. The van der Waals surface area contributed by atoms with E-state index in [0.717, 1.165) is 37.9 Å². The zero-order valence-corrected chi connectivity index (χ0v) is 10.0. The summed E-state index contributed by atoms with van der Waals surface area (Å²) in [5, 5.41) is 6.43. The third-order valence-electron chi connectivity index (χ3n) is 2.99. The van der Waals surface area contributed by atoms with E-state index in [-0.39, 0.29) is 11.4 Å². The molecule has 3 heteroatoms. The Morgan fingerprint density at radius 2 is 2.07 bits per heavy atom. The average Bonchev–Trinajstić information content (AvgIpc) is 2.18. The number of amides is 1. The number of nitrogens with one attached hydrogen (secondary N) is 2. The summed E-state index contributed by atoms with van der Waals surface area (Å²) in [5.41, 5.74) is 0.808. The molecule has 1 rings (SSSR count). The third kappa shape index (κ3) is 3.67. The van der Waals surface area contributed by atoms with Crippen LogP contribution in [-0.4, -0.2) is 24.5 Å². The van der Waals surface area contributed by atoms with E-state index in [2.05, 4.69) is 17.6 Å². The summed E-state index contributed by atoms with van der Waals surface area (Å²) in [5.74, 6) is 0.0845. The highest BCUT2D eigenvalue weighted by atomic mass is 16.1. The quantitative estimate of drug-likeness (QED) is 0.695. The molecule has 0 bridgehead atoms. The molecule has 3 nitrogen and oxygen atoms in total. The molecule has 0 atom stereocenters. The van der Waals surface area contributed by atoms with E-state index >= 15 is 0 Å². The van der Waals surface area contributed by atoms with E-state index in [1.807, 2.05) is 19.9 Å². The number of hydrogen-bond acceptors (Lipinski definition) is 2. The Balaban J connectivity index is 2.52. The molecular weight excluding hydrogens is 188 g/mol. The van der Waals surface area contributed by atoms with Crippen molar-refractivity contribution in [3.8, 4) is 0 Å². The first-order chi connectivity index (χ1) is 7.07. The zero-order valence-electron chi connectivity index (χ0n) is 10.0. The van der Waals surface area contributed by atoms with Gasteiger partial charge >= 0.3 is 0 Å². The Hall–Kier alpha value is -0.830. The molecule has 0 aromatic carbocycles. The van der Waals surface area contributed by atoms with Crippen LogP contribution in [0.15, 0.2) is 11.6 Å². The molecule has 0 aliphatic carbocycles. The maximum absolute atomic E-state index is 11.8. The summed E-state index contributed by atoms with van der Waals surface area (Å²) in [6.07, 6.45) is 4.91. The Morgan fingerprint density at radius 3 is 2.60 bits per heavy atom. The molecule has 1 aliphatic rings. The van der Waals surface area contributed by atoms with Crippen molar-refractivity contribution in [1.29, 1.82) is 0 Å². The van der Waals surface area contributed by atoms with Crippen molar-refractivity contribution in [2.45, 2.75) is 45.6 Å². The minimum atomic E-state index is -0.0226. The van der Waals surface area contributed by atoms with Crippen molar-refractivity contribution < 1.29 is 4.79 Å². The fraction of sp³-hybridized carbons (Fsp3) is 0.750. The van der Waals surface area contributed by atoms with Gasteiger partial charge in [0.2, 0.25) is 5.91 Å². The fourth-order valence-corrected chi connectivity index (χ4v) is 1.88. The van der Waals surface area contributed by atoms with E-state index in [1.165, 1.54) is 0 Å². The van der Waals surface area contributed by atoms with E-state index < -0.39 is 0 Å². The predicted octanol–water partition coefficient (Wildman–Crippen LogP) is 1.60. The molecule has 15 heavy (non-hydrogen) atoms. The smallest absolute Gasteiger partial charge is 0.247 e. The lowest BCUT2D eigenvalue weighted by Crippen LogP contribution is -2.52. The van der Waals surface area contributed by atoms with Crippen molar-refractivity contribution in [2.75, 3.05) is 13.1 Å². The van der Waals surface area contributed by atoms with Crippen LogP contribution in [0.2, 0.25) is 0 Å². The first-order valence-corrected chi connectivity index (χ1v) is 5.77. The van der Waals surface area contributed by atoms with Crippen LogP contribution in [0.5, 0.6) is 0 Å². The molecule has 0 radical (unpaired) electrons. The van der Waals surface area contributed by atoms with Gasteiger partial charge in [0.1, 0.15) is 0 Å². The van der Waals surface area contributed by atoms with Gasteiger partial charge in [-0.15, -0.1) is 0 Å². The molecule has 0 saturated carbocycles. The van der Waals surface area contributed by atoms with Gasteiger partial charge in [0.15, 0.2) is 0 Å². The number of allylic oxidation sites excluding steroid dienone is 1. The Labute approximate surface area is 92.3 Å². The molecular formula is C12H22N2O. The summed E-state index contributed by atoms with van der Waals surface area (Å²) in [6, 6.07) is 0. The van der Waals surface area contributed by atoms with E-state index in [1.54, 1.807) is 0 Å². The van der Waals surface area contributed by atoms with Crippen LogP contribution in [0, 0.1) is 0 Å². The number of hydrogen-bond donors (Lipinski definition) is 2. The molecule has 1 amide bonds. The van der Waals surface area contributed by atoms with Gasteiger partial charge in [-0.2, -0.15) is 0 Å². The average molecular weight is 210 g/mol. The van der Waals surface area contributed by atoms with E-state index in [4.69, 9.17) is 0 Å². The maximum atomic E-state index is 11.8. The standard InChI is InChI=1S/C12H22N2O/c1-4-5-10(2)11(15)14-12(3)6-8-13-9-7-12/h5,13H,4,6-9H2,1-3H3,(H,14,15)/b10-5-. The second-order valence-electron chi connectivity index (χ2n) is 4.56. The summed E-state index contributed by atoms with van der Waals surface area (Å²) in [7, 11) is 0. The third-order valence-corrected chi connectivity index (χ3v) is 2.99. The van der Waals surface area contributed by atoms with E-state index in [0.29, 0.717) is 0 Å². The molecule has 1 heterocycles. The Morgan fingerprint density at radius 1 is 1.47 bits per heavy atom. The molecule has 1 saturated heterocycles. The largest absolute Gasteiger partial charge is 0.347 e. The van der Waals surface area contributed by atoms with E-state index in [9.17, 15) is 4.79 Å². The highest BCUT2D eigenvalue weighted by Gasteiger charge is 2.28. The normalized spacial score (nSPS) is 21.1. The van der Waals surface area contributed by atoms with Crippen LogP contribution >= 0.6 is 0 Å². The molecule has 1 aliphatic heterocycles. The summed E-state index contributed by atoms with van der Waals surface area (Å²) in [6.45, 7) is 8.04. The van der Waals surface area contributed by atoms with Crippen LogP contribution in [0.3, 0.4) is 0 Å². The fourth-order valence-electron chi connectivity index (χ4n) is 1.88. The first kappa shape index (κ1) is 12.2. The Kier molecular flexibility index (Phi) is 4.33. The van der Waals surface area contributed by atoms with Gasteiger partial charge in [-0.25, -0.2) is 0 Å². The topological polar surface area (TPSA) is 41.1 Å². The van der Waals surface area contributed by atoms with Crippen molar-refractivity contribution in [1.82, 2.24) is 10.6 Å². The van der Waals surface area contributed by atoms with Gasteiger partial charge in [-0.3, -0.25) is 4.79 Å². The highest BCUT2D eigenvalue weighted by Crippen LogP contribution is 2.17. The molecule has 86 valence electrons. The lowest BCUT2D eigenvalue weighted by Gasteiger charge is -2.35. The molecule has 1 fully saturated rings. The van der Waals surface area contributed by atoms with Gasteiger partial charge in [-0.05, 0) is 46.2 Å². The maximum Gasteiger partial charge on any atom is 0.247 e. The molecule has 0 unspecified atom stereocenters. The van der Waals surface area contributed by atoms with Gasteiger partial charge in [0.25, 0.3) is 0 Å². The van der Waals surface area contributed by atoms with Crippen LogP contribution in [0.1, 0.15) is 40.0 Å². The van der Waals surface area contributed by atoms with Gasteiger partial charge < -0.3 is 10.6 Å². The van der Waals surface area contributed by atoms with Crippen LogP contribution in [0.25, 0.3) is 0 Å². The summed E-state index contributed by atoms with van der Waals surface area (Å²) >= 11 is 0.